The number of fused-ring (bicyclic) bond motifs is 1. The third-order valence-corrected chi connectivity index (χ3v) is 4.52. The van der Waals surface area contributed by atoms with Crippen LogP contribution in [0.25, 0.3) is 22.2 Å². The monoisotopic (exact) mass is 325 g/mol. The molecule has 1 aliphatic heterocycles. The molecule has 3 heterocycles. The van der Waals surface area contributed by atoms with Crippen LogP contribution >= 0.6 is 0 Å². The molecular weight excluding hydrogens is 305 g/mol. The lowest BCUT2D eigenvalue weighted by Gasteiger charge is -2.20. The van der Waals surface area contributed by atoms with Crippen molar-refractivity contribution in [1.29, 1.82) is 0 Å². The Labute approximate surface area is 140 Å². The van der Waals surface area contributed by atoms with Crippen molar-refractivity contribution >= 4 is 16.9 Å². The molecule has 24 heavy (non-hydrogen) atoms. The van der Waals surface area contributed by atoms with Crippen molar-refractivity contribution in [2.75, 3.05) is 18.0 Å². The predicted molar refractivity (Wildman–Crippen MR) is 92.7 cm³/mol. The van der Waals surface area contributed by atoms with Crippen LogP contribution in [0.15, 0.2) is 36.7 Å². The third-order valence-electron chi connectivity index (χ3n) is 4.52. The fourth-order valence-corrected chi connectivity index (χ4v) is 3.15. The average molecular weight is 325 g/mol. The van der Waals surface area contributed by atoms with Crippen molar-refractivity contribution in [3.8, 4) is 11.3 Å². The van der Waals surface area contributed by atoms with Crippen LogP contribution in [0.1, 0.15) is 19.3 Å². The first kappa shape index (κ1) is 15.1. The van der Waals surface area contributed by atoms with Crippen molar-refractivity contribution in [3.63, 3.8) is 0 Å². The Morgan fingerprint density at radius 1 is 1.17 bits per heavy atom. The van der Waals surface area contributed by atoms with Crippen molar-refractivity contribution in [2.45, 2.75) is 25.4 Å². The zero-order valence-electron chi connectivity index (χ0n) is 13.7. The highest BCUT2D eigenvalue weighted by Crippen LogP contribution is 2.24. The van der Waals surface area contributed by atoms with Crippen LogP contribution in [0.4, 0.5) is 10.3 Å². The molecule has 1 aromatic carbocycles. The minimum atomic E-state index is -0.703. The lowest BCUT2D eigenvalue weighted by atomic mass is 10.1. The minimum Gasteiger partial charge on any atom is -0.341 e. The molecule has 3 aromatic rings. The second kappa shape index (κ2) is 6.19. The Morgan fingerprint density at radius 3 is 2.92 bits per heavy atom. The lowest BCUT2D eigenvalue weighted by Crippen LogP contribution is -2.26. The van der Waals surface area contributed by atoms with Crippen LogP contribution < -0.4 is 4.90 Å². The molecule has 0 N–H and O–H groups in total. The molecule has 1 unspecified atom stereocenters. The van der Waals surface area contributed by atoms with E-state index in [0.29, 0.717) is 25.3 Å². The van der Waals surface area contributed by atoms with Crippen molar-refractivity contribution in [3.05, 3.63) is 36.7 Å². The topological polar surface area (TPSA) is 46.8 Å². The number of nitrogens with zero attached hydrogens (tertiary/aromatic N) is 5. The van der Waals surface area contributed by atoms with E-state index in [0.717, 1.165) is 35.1 Å². The van der Waals surface area contributed by atoms with Gasteiger partial charge >= 0.3 is 0 Å². The van der Waals surface area contributed by atoms with Gasteiger partial charge in [0.1, 0.15) is 6.17 Å². The molecule has 4 rings (SSSR count). The first-order chi connectivity index (χ1) is 11.7. The zero-order valence-corrected chi connectivity index (χ0v) is 13.7. The molecule has 0 bridgehead atoms. The van der Waals surface area contributed by atoms with E-state index in [1.165, 1.54) is 0 Å². The maximum absolute atomic E-state index is 13.6. The van der Waals surface area contributed by atoms with E-state index in [-0.39, 0.29) is 0 Å². The number of hydrogen-bond donors (Lipinski definition) is 0. The van der Waals surface area contributed by atoms with Gasteiger partial charge in [0.2, 0.25) is 5.95 Å². The van der Waals surface area contributed by atoms with Gasteiger partial charge in [-0.3, -0.25) is 4.68 Å². The fraction of sp³-hybridized carbons (Fsp3) is 0.389. The fourth-order valence-electron chi connectivity index (χ4n) is 3.15. The van der Waals surface area contributed by atoms with E-state index in [1.807, 2.05) is 43.7 Å². The van der Waals surface area contributed by atoms with Crippen LogP contribution in [0, 0.1) is 0 Å². The lowest BCUT2D eigenvalue weighted by molar-refractivity contribution is 0.307. The number of alkyl halides is 1. The van der Waals surface area contributed by atoms with E-state index >= 15 is 0 Å². The van der Waals surface area contributed by atoms with Gasteiger partial charge in [-0.25, -0.2) is 14.4 Å². The second-order valence-corrected chi connectivity index (χ2v) is 6.33. The molecule has 2 aromatic heterocycles. The maximum atomic E-state index is 13.6. The number of rotatable bonds is 2. The molecule has 1 atom stereocenters. The molecular formula is C18H20FN5. The molecule has 0 spiro atoms. The summed E-state index contributed by atoms with van der Waals surface area (Å²) >= 11 is 0. The number of anilines is 1. The number of aryl methyl sites for hydroxylation is 1. The van der Waals surface area contributed by atoms with E-state index in [2.05, 4.69) is 15.0 Å². The highest BCUT2D eigenvalue weighted by atomic mass is 19.1. The van der Waals surface area contributed by atoms with Crippen LogP contribution in [0.5, 0.6) is 0 Å². The molecule has 0 amide bonds. The summed E-state index contributed by atoms with van der Waals surface area (Å²) in [5.41, 5.74) is 2.85. The molecule has 5 nitrogen and oxygen atoms in total. The quantitative estimate of drug-likeness (QED) is 0.725. The first-order valence-electron chi connectivity index (χ1n) is 8.35. The Balaban J connectivity index is 1.68. The number of aromatic nitrogens is 4. The molecule has 0 radical (unpaired) electrons. The maximum Gasteiger partial charge on any atom is 0.225 e. The normalized spacial score (nSPS) is 18.8. The van der Waals surface area contributed by atoms with E-state index in [4.69, 9.17) is 4.98 Å². The second-order valence-electron chi connectivity index (χ2n) is 6.33. The molecule has 0 saturated carbocycles. The Kier molecular flexibility index (Phi) is 3.88. The van der Waals surface area contributed by atoms with Gasteiger partial charge in [-0.15, -0.1) is 0 Å². The summed E-state index contributed by atoms with van der Waals surface area (Å²) in [5, 5.41) is 5.44. The van der Waals surface area contributed by atoms with Gasteiger partial charge in [-0.05, 0) is 31.4 Å². The van der Waals surface area contributed by atoms with Gasteiger partial charge in [0.25, 0.3) is 0 Å². The van der Waals surface area contributed by atoms with Gasteiger partial charge in [-0.2, -0.15) is 5.10 Å². The van der Waals surface area contributed by atoms with Gasteiger partial charge in [0.15, 0.2) is 0 Å². The smallest absolute Gasteiger partial charge is 0.225 e. The van der Waals surface area contributed by atoms with Crippen molar-refractivity contribution in [2.24, 2.45) is 7.05 Å². The molecule has 1 fully saturated rings. The average Bonchev–Trinajstić information content (AvgIpc) is 2.91. The van der Waals surface area contributed by atoms with Crippen LogP contribution in [0.3, 0.4) is 0 Å². The predicted octanol–water partition coefficient (Wildman–Crippen LogP) is 3.36. The molecule has 6 heteroatoms. The molecule has 1 aliphatic rings. The van der Waals surface area contributed by atoms with E-state index < -0.39 is 6.17 Å². The molecule has 0 aliphatic carbocycles. The Hall–Kier alpha value is -2.50. The highest BCUT2D eigenvalue weighted by molar-refractivity contribution is 5.83. The van der Waals surface area contributed by atoms with Gasteiger partial charge < -0.3 is 4.90 Å². The largest absolute Gasteiger partial charge is 0.341 e. The van der Waals surface area contributed by atoms with Gasteiger partial charge in [0, 0.05) is 43.5 Å². The molecule has 1 saturated heterocycles. The summed E-state index contributed by atoms with van der Waals surface area (Å²) in [6.45, 7) is 1.48. The highest BCUT2D eigenvalue weighted by Gasteiger charge is 2.18. The molecule has 124 valence electrons. The number of halogens is 1. The van der Waals surface area contributed by atoms with Gasteiger partial charge in [0.05, 0.1) is 11.2 Å². The first-order valence-corrected chi connectivity index (χ1v) is 8.35. The summed E-state index contributed by atoms with van der Waals surface area (Å²) in [6, 6.07) is 8.08. The summed E-state index contributed by atoms with van der Waals surface area (Å²) in [5.74, 6) is 0.690. The van der Waals surface area contributed by atoms with Crippen molar-refractivity contribution in [1.82, 2.24) is 19.7 Å². The SMILES string of the molecule is Cn1ccc(-c2ccc3cnc(N4CCCC(F)CC4)nc3c2)n1. The number of hydrogen-bond acceptors (Lipinski definition) is 4. The van der Waals surface area contributed by atoms with Crippen LogP contribution in [-0.2, 0) is 7.05 Å². The Morgan fingerprint density at radius 2 is 2.08 bits per heavy atom. The minimum absolute atomic E-state index is 0.551. The standard InChI is InChI=1S/C18H20FN5/c1-23-9-7-16(22-23)13-4-5-14-12-20-18(21-17(14)11-13)24-8-2-3-15(19)6-10-24/h4-5,7,9,11-12,15H,2-3,6,8,10H2,1H3. The summed E-state index contributed by atoms with van der Waals surface area (Å²) in [6.07, 6.45) is 5.10. The van der Waals surface area contributed by atoms with Gasteiger partial charge in [-0.1, -0.05) is 12.1 Å². The third kappa shape index (κ3) is 2.96. The summed E-state index contributed by atoms with van der Waals surface area (Å²) in [4.78, 5) is 11.3. The zero-order chi connectivity index (χ0) is 16.5. The van der Waals surface area contributed by atoms with Crippen molar-refractivity contribution < 1.29 is 4.39 Å². The summed E-state index contributed by atoms with van der Waals surface area (Å²) in [7, 11) is 1.91. The van der Waals surface area contributed by atoms with Crippen LogP contribution in [-0.4, -0.2) is 39.0 Å². The van der Waals surface area contributed by atoms with Crippen LogP contribution in [0.2, 0.25) is 0 Å². The Bertz CT molecular complexity index is 859. The summed E-state index contributed by atoms with van der Waals surface area (Å²) < 4.78 is 15.3. The van der Waals surface area contributed by atoms with E-state index in [9.17, 15) is 4.39 Å². The number of benzene rings is 1. The van der Waals surface area contributed by atoms with E-state index in [1.54, 1.807) is 4.68 Å².